The Morgan fingerprint density at radius 3 is 2.26 bits per heavy atom. The van der Waals surface area contributed by atoms with Gasteiger partial charge in [0, 0.05) is 0 Å². The number of esters is 1. The average molecular weight is 467 g/mol. The molecule has 1 aliphatic carbocycles. The van der Waals surface area contributed by atoms with Crippen molar-refractivity contribution in [3.05, 3.63) is 113 Å². The van der Waals surface area contributed by atoms with E-state index in [0.29, 0.717) is 23.1 Å². The fraction of sp³-hybridized carbons (Fsp3) is 0.364. The van der Waals surface area contributed by atoms with Crippen LogP contribution in [0.2, 0.25) is 0 Å². The van der Waals surface area contributed by atoms with Crippen molar-refractivity contribution in [2.45, 2.75) is 70.6 Å². The number of hydrogen-bond donors (Lipinski definition) is 0. The van der Waals surface area contributed by atoms with Gasteiger partial charge < -0.3 is 4.74 Å². The van der Waals surface area contributed by atoms with Crippen molar-refractivity contribution < 1.29 is 9.53 Å². The third-order valence-electron chi connectivity index (χ3n) is 7.49. The van der Waals surface area contributed by atoms with Gasteiger partial charge in [0.25, 0.3) is 0 Å². The van der Waals surface area contributed by atoms with Crippen LogP contribution < -0.4 is 4.74 Å². The van der Waals surface area contributed by atoms with Gasteiger partial charge in [-0.1, -0.05) is 73.7 Å². The van der Waals surface area contributed by atoms with Crippen LogP contribution in [0.15, 0.2) is 91.0 Å². The number of carbonyl (C=O) groups excluding carboxylic acids is 1. The van der Waals surface area contributed by atoms with Crippen LogP contribution in [0.25, 0.3) is 0 Å². The van der Waals surface area contributed by atoms with Crippen molar-refractivity contribution in [3.8, 4) is 5.75 Å². The first kappa shape index (κ1) is 25.0. The van der Waals surface area contributed by atoms with Gasteiger partial charge in [0.2, 0.25) is 0 Å². The minimum absolute atomic E-state index is 0.295. The Hall–Kier alpha value is -3.13. The lowest BCUT2D eigenvalue weighted by Crippen LogP contribution is -2.15. The Morgan fingerprint density at radius 1 is 0.914 bits per heavy atom. The van der Waals surface area contributed by atoms with Crippen molar-refractivity contribution in [1.82, 2.24) is 0 Å². The van der Waals surface area contributed by atoms with Crippen LogP contribution >= 0.6 is 0 Å². The van der Waals surface area contributed by atoms with Crippen molar-refractivity contribution in [1.29, 1.82) is 0 Å². The summed E-state index contributed by atoms with van der Waals surface area (Å²) in [4.78, 5) is 12.6. The molecular weight excluding hydrogens is 428 g/mol. The van der Waals surface area contributed by atoms with Gasteiger partial charge in [0.1, 0.15) is 5.75 Å². The molecule has 1 aliphatic rings. The van der Waals surface area contributed by atoms with Crippen LogP contribution in [0, 0.1) is 5.92 Å². The molecule has 2 nitrogen and oxygen atoms in total. The summed E-state index contributed by atoms with van der Waals surface area (Å²) in [6, 6.07) is 26.8. The third-order valence-corrected chi connectivity index (χ3v) is 7.49. The largest absolute Gasteiger partial charge is 0.423 e. The maximum absolute atomic E-state index is 12.6. The zero-order valence-electron chi connectivity index (χ0n) is 21.2. The second-order valence-electron chi connectivity index (χ2n) is 10.0. The van der Waals surface area contributed by atoms with Crippen LogP contribution in [0.1, 0.15) is 91.3 Å². The van der Waals surface area contributed by atoms with E-state index in [9.17, 15) is 4.79 Å². The van der Waals surface area contributed by atoms with Gasteiger partial charge >= 0.3 is 5.97 Å². The van der Waals surface area contributed by atoms with Gasteiger partial charge in [-0.15, -0.1) is 0 Å². The molecule has 0 heterocycles. The molecule has 0 radical (unpaired) electrons. The highest BCUT2D eigenvalue weighted by Crippen LogP contribution is 2.39. The lowest BCUT2D eigenvalue weighted by Gasteiger charge is -2.30. The second kappa shape index (κ2) is 12.5. The van der Waals surface area contributed by atoms with Gasteiger partial charge in [-0.25, -0.2) is 4.79 Å². The van der Waals surface area contributed by atoms with E-state index in [2.05, 4.69) is 61.5 Å². The summed E-state index contributed by atoms with van der Waals surface area (Å²) >= 11 is 0. The molecule has 35 heavy (non-hydrogen) atoms. The van der Waals surface area contributed by atoms with Gasteiger partial charge in [-0.3, -0.25) is 0 Å². The highest BCUT2D eigenvalue weighted by Gasteiger charge is 2.24. The van der Waals surface area contributed by atoms with Gasteiger partial charge in [0.05, 0.1) is 5.56 Å². The molecule has 1 atom stereocenters. The number of carbonyl (C=O) groups is 1. The molecule has 0 unspecified atom stereocenters. The van der Waals surface area contributed by atoms with E-state index in [4.69, 9.17) is 4.74 Å². The first-order valence-corrected chi connectivity index (χ1v) is 13.2. The van der Waals surface area contributed by atoms with E-state index in [1.807, 2.05) is 43.3 Å². The van der Waals surface area contributed by atoms with E-state index in [1.54, 1.807) is 0 Å². The molecule has 0 spiro atoms. The lowest BCUT2D eigenvalue weighted by atomic mass is 9.75. The van der Waals surface area contributed by atoms with Crippen molar-refractivity contribution in [2.24, 2.45) is 5.92 Å². The Balaban J connectivity index is 1.25. The molecule has 3 aromatic carbocycles. The second-order valence-corrected chi connectivity index (χ2v) is 10.0. The molecule has 1 fully saturated rings. The van der Waals surface area contributed by atoms with E-state index >= 15 is 0 Å². The normalized spacial score (nSPS) is 18.9. The van der Waals surface area contributed by atoms with Crippen molar-refractivity contribution in [2.75, 3.05) is 0 Å². The van der Waals surface area contributed by atoms with E-state index in [0.717, 1.165) is 18.8 Å². The molecule has 0 bridgehead atoms. The van der Waals surface area contributed by atoms with Crippen LogP contribution in [-0.4, -0.2) is 5.97 Å². The minimum Gasteiger partial charge on any atom is -0.423 e. The van der Waals surface area contributed by atoms with Gasteiger partial charge in [0.15, 0.2) is 0 Å². The van der Waals surface area contributed by atoms with Crippen LogP contribution in [-0.2, 0) is 6.42 Å². The molecule has 182 valence electrons. The zero-order chi connectivity index (χ0) is 24.5. The predicted octanol–water partition coefficient (Wildman–Crippen LogP) is 8.88. The fourth-order valence-electron chi connectivity index (χ4n) is 5.35. The number of ether oxygens (including phenoxy) is 1. The molecule has 2 heteroatoms. The van der Waals surface area contributed by atoms with Crippen LogP contribution in [0.4, 0.5) is 0 Å². The smallest absolute Gasteiger partial charge is 0.343 e. The lowest BCUT2D eigenvalue weighted by molar-refractivity contribution is 0.0734. The third kappa shape index (κ3) is 7.18. The highest BCUT2D eigenvalue weighted by molar-refractivity contribution is 5.91. The summed E-state index contributed by atoms with van der Waals surface area (Å²) in [5.41, 5.74) is 4.66. The van der Waals surface area contributed by atoms with Gasteiger partial charge in [-0.2, -0.15) is 0 Å². The Bertz CT molecular complexity index is 1070. The molecule has 0 amide bonds. The Kier molecular flexibility index (Phi) is 8.95. The standard InChI is InChI=1S/C33H38O2/c1-3-4-6-9-26-14-22-32(23-15-26)35-33(34)31-20-18-30(19-21-31)29-16-12-27(13-17-29)24-25(2)28-10-7-5-8-11-28/h3-5,7-8,10-11,14-15,18-23,25,27,29H,6,9,12-13,16-17,24H2,1-2H3/b4-3+/t25-,27?,29?/m0/s1. The van der Waals surface area contributed by atoms with Crippen molar-refractivity contribution >= 4 is 5.97 Å². The molecule has 0 N–H and O–H groups in total. The van der Waals surface area contributed by atoms with E-state index < -0.39 is 0 Å². The molecule has 0 aliphatic heterocycles. The van der Waals surface area contributed by atoms with Gasteiger partial charge in [-0.05, 0) is 111 Å². The van der Waals surface area contributed by atoms with E-state index in [1.165, 1.54) is 48.8 Å². The molecule has 3 aromatic rings. The zero-order valence-corrected chi connectivity index (χ0v) is 21.2. The summed E-state index contributed by atoms with van der Waals surface area (Å²) in [6.45, 7) is 4.40. The number of rotatable bonds is 9. The molecule has 0 saturated heterocycles. The van der Waals surface area contributed by atoms with Crippen LogP contribution in [0.5, 0.6) is 5.75 Å². The first-order valence-electron chi connectivity index (χ1n) is 13.2. The summed E-state index contributed by atoms with van der Waals surface area (Å²) in [5, 5.41) is 0. The SMILES string of the molecule is C/C=C/CCc1ccc(OC(=O)c2ccc(C3CCC(C[C@H](C)c4ccccc4)CC3)cc2)cc1. The maximum atomic E-state index is 12.6. The molecule has 0 aromatic heterocycles. The molecule has 4 rings (SSSR count). The number of aryl methyl sites for hydroxylation is 1. The first-order chi connectivity index (χ1) is 17.1. The summed E-state index contributed by atoms with van der Waals surface area (Å²) in [5.74, 6) is 2.33. The summed E-state index contributed by atoms with van der Waals surface area (Å²) in [6.07, 6.45) is 12.6. The summed E-state index contributed by atoms with van der Waals surface area (Å²) in [7, 11) is 0. The number of allylic oxidation sites excluding steroid dienone is 2. The monoisotopic (exact) mass is 466 g/mol. The Morgan fingerprint density at radius 2 is 1.60 bits per heavy atom. The minimum atomic E-state index is -0.295. The van der Waals surface area contributed by atoms with E-state index in [-0.39, 0.29) is 5.97 Å². The van der Waals surface area contributed by atoms with Crippen LogP contribution in [0.3, 0.4) is 0 Å². The quantitative estimate of drug-likeness (QED) is 0.179. The molecule has 1 saturated carbocycles. The maximum Gasteiger partial charge on any atom is 0.343 e. The highest BCUT2D eigenvalue weighted by atomic mass is 16.5. The average Bonchev–Trinajstić information content (AvgIpc) is 2.91. The fourth-order valence-corrected chi connectivity index (χ4v) is 5.35. The number of hydrogen-bond acceptors (Lipinski definition) is 2. The molecular formula is C33H38O2. The topological polar surface area (TPSA) is 26.3 Å². The Labute approximate surface area is 211 Å². The summed E-state index contributed by atoms with van der Waals surface area (Å²) < 4.78 is 5.60. The predicted molar refractivity (Wildman–Crippen MR) is 145 cm³/mol. The number of benzene rings is 3. The van der Waals surface area contributed by atoms with Crippen molar-refractivity contribution in [3.63, 3.8) is 0 Å².